The van der Waals surface area contributed by atoms with Gasteiger partial charge >= 0.3 is 7.82 Å². The Kier molecular flexibility index (Phi) is 4.66. The lowest BCUT2D eigenvalue weighted by molar-refractivity contribution is -0.0512. The van der Waals surface area contributed by atoms with E-state index >= 15 is 0 Å². The van der Waals surface area contributed by atoms with Gasteiger partial charge in [0.1, 0.15) is 34.8 Å². The minimum Gasteiger partial charge on any atom is -0.387 e. The summed E-state index contributed by atoms with van der Waals surface area (Å²) < 4.78 is 22.1. The van der Waals surface area contributed by atoms with Gasteiger partial charge in [-0.3, -0.25) is 9.09 Å². The Labute approximate surface area is 142 Å². The van der Waals surface area contributed by atoms with Gasteiger partial charge in [-0.05, 0) is 0 Å². The second-order valence-corrected chi connectivity index (χ2v) is 7.15. The lowest BCUT2D eigenvalue weighted by atomic mass is 10.1. The third-order valence-corrected chi connectivity index (χ3v) is 4.84. The largest absolute Gasteiger partial charge is 0.469 e. The predicted octanol–water partition coefficient (Wildman–Crippen LogP) is -1.40. The van der Waals surface area contributed by atoms with Crippen LogP contribution in [0.1, 0.15) is 11.9 Å². The number of imidazole rings is 1. The molecule has 0 spiro atoms. The molecule has 1 saturated heterocycles. The van der Waals surface area contributed by atoms with Crippen LogP contribution in [-0.2, 0) is 13.8 Å². The van der Waals surface area contributed by atoms with Crippen molar-refractivity contribution in [3.63, 3.8) is 0 Å². The van der Waals surface area contributed by atoms with E-state index in [1.165, 1.54) is 10.9 Å². The highest BCUT2D eigenvalue weighted by atomic mass is 32.1. The summed E-state index contributed by atoms with van der Waals surface area (Å²) in [5.41, 5.74) is 0.513. The Bertz CT molecular complexity index is 694. The first-order valence-electron chi connectivity index (χ1n) is 6.97. The van der Waals surface area contributed by atoms with E-state index in [2.05, 4.69) is 14.8 Å². The van der Waals surface area contributed by atoms with Crippen molar-refractivity contribution in [2.24, 2.45) is 0 Å². The van der Waals surface area contributed by atoms with Gasteiger partial charge in [-0.2, -0.15) is 0 Å². The number of nitrogens with zero attached hydrogens (tertiary/aromatic N) is 3. The molecule has 0 unspecified atom stereocenters. The second kappa shape index (κ2) is 6.32. The third-order valence-electron chi connectivity index (χ3n) is 3.85. The van der Waals surface area contributed by atoms with Crippen LogP contribution in [0.2, 0.25) is 0 Å². The van der Waals surface area contributed by atoms with Gasteiger partial charge in [-0.15, -0.1) is 0 Å². The quantitative estimate of drug-likeness (QED) is 0.310. The van der Waals surface area contributed by atoms with Crippen LogP contribution in [-0.4, -0.2) is 78.1 Å². The number of aliphatic hydroxyl groups is 2. The second-order valence-electron chi connectivity index (χ2n) is 5.52. The smallest absolute Gasteiger partial charge is 0.387 e. The van der Waals surface area contributed by atoms with E-state index in [1.54, 1.807) is 11.9 Å². The Morgan fingerprint density at radius 3 is 2.88 bits per heavy atom. The maximum absolute atomic E-state index is 10.8. The first kappa shape index (κ1) is 17.7. The number of hydrogen-bond donors (Lipinski definition) is 5. The number of rotatable bonds is 4. The van der Waals surface area contributed by atoms with Crippen LogP contribution in [0, 0.1) is 0 Å². The topological polar surface area (TPSA) is 150 Å². The number of aromatic nitrogens is 2. The van der Waals surface area contributed by atoms with Crippen molar-refractivity contribution in [2.75, 3.05) is 25.6 Å². The van der Waals surface area contributed by atoms with E-state index in [1.807, 2.05) is 0 Å². The van der Waals surface area contributed by atoms with Gasteiger partial charge in [0.2, 0.25) is 0 Å². The predicted molar refractivity (Wildman–Crippen MR) is 84.1 cm³/mol. The van der Waals surface area contributed by atoms with Crippen LogP contribution in [0.3, 0.4) is 0 Å². The lowest BCUT2D eigenvalue weighted by Gasteiger charge is -2.28. The van der Waals surface area contributed by atoms with Crippen molar-refractivity contribution in [1.29, 1.82) is 0 Å². The fourth-order valence-electron chi connectivity index (χ4n) is 2.60. The molecule has 3 heterocycles. The first-order valence-corrected chi connectivity index (χ1v) is 8.90. The van der Waals surface area contributed by atoms with Crippen molar-refractivity contribution >= 4 is 30.8 Å². The van der Waals surface area contributed by atoms with Crippen molar-refractivity contribution in [3.8, 4) is 0 Å². The molecule has 1 aromatic rings. The molecule has 3 rings (SSSR count). The summed E-state index contributed by atoms with van der Waals surface area (Å²) in [7, 11) is -2.90. The summed E-state index contributed by atoms with van der Waals surface area (Å²) in [6.07, 6.45) is -3.40. The highest BCUT2D eigenvalue weighted by molar-refractivity contribution is 7.80. The van der Waals surface area contributed by atoms with E-state index in [0.29, 0.717) is 23.2 Å². The highest BCUT2D eigenvalue weighted by Gasteiger charge is 2.45. The highest BCUT2D eigenvalue weighted by Crippen LogP contribution is 2.39. The molecule has 0 saturated carbocycles. The number of hydrogen-bond acceptors (Lipinski definition) is 8. The van der Waals surface area contributed by atoms with Crippen LogP contribution in [0.4, 0.5) is 5.82 Å². The van der Waals surface area contributed by atoms with Crippen LogP contribution >= 0.6 is 20.0 Å². The van der Waals surface area contributed by atoms with Crippen LogP contribution < -0.4 is 5.32 Å². The van der Waals surface area contributed by atoms with Crippen molar-refractivity contribution < 1.29 is 33.8 Å². The molecule has 1 aromatic heterocycles. The molecule has 24 heavy (non-hydrogen) atoms. The van der Waals surface area contributed by atoms with E-state index in [9.17, 15) is 14.8 Å². The van der Waals surface area contributed by atoms with Gasteiger partial charge in [0, 0.05) is 7.05 Å². The van der Waals surface area contributed by atoms with Crippen LogP contribution in [0.5, 0.6) is 0 Å². The minimum atomic E-state index is -4.71. The maximum atomic E-state index is 10.8. The Morgan fingerprint density at radius 1 is 1.50 bits per heavy atom. The lowest BCUT2D eigenvalue weighted by Crippen LogP contribution is -2.37. The Morgan fingerprint density at radius 2 is 2.21 bits per heavy atom. The molecule has 11 nitrogen and oxygen atoms in total. The molecular weight excluding hydrogens is 363 g/mol. The minimum absolute atomic E-state index is 0.438. The standard InChI is InChI=1S/C11H17N4O7PS/c1-14-3-13-9-6(11(14)24)12-4-15(9)10-8(17)7(16)5(22-10)2-21-23(18,19)20/h4-5,7-8,10,13,16-17H,2-3H2,1H3,(H2,18,19,20)/t5-,7-,8-,10-/m1/s1. The Hall–Kier alpha value is -1.11. The third kappa shape index (κ3) is 3.19. The number of phosphoric acid groups is 1. The van der Waals surface area contributed by atoms with Gasteiger partial charge in [-0.1, -0.05) is 12.2 Å². The summed E-state index contributed by atoms with van der Waals surface area (Å²) in [6, 6.07) is 0. The molecule has 4 atom stereocenters. The number of fused-ring (bicyclic) bond motifs is 1. The summed E-state index contributed by atoms with van der Waals surface area (Å²) in [4.78, 5) is 24.0. The van der Waals surface area contributed by atoms with Gasteiger partial charge in [0.25, 0.3) is 0 Å². The fraction of sp³-hybridized carbons (Fsp3) is 0.636. The zero-order chi connectivity index (χ0) is 17.6. The number of thiocarbonyl (C=S) groups is 1. The summed E-state index contributed by atoms with van der Waals surface area (Å²) in [6.45, 7) is -0.127. The molecular formula is C11H17N4O7PS. The molecule has 2 aliphatic heterocycles. The van der Waals surface area contributed by atoms with Gasteiger partial charge in [0.05, 0.1) is 19.6 Å². The fourth-order valence-corrected chi connectivity index (χ4v) is 3.15. The number of phosphoric ester groups is 1. The molecule has 0 aromatic carbocycles. The van der Waals surface area contributed by atoms with Crippen molar-refractivity contribution in [1.82, 2.24) is 14.5 Å². The average molecular weight is 380 g/mol. The molecule has 13 heteroatoms. The van der Waals surface area contributed by atoms with Crippen LogP contribution in [0.25, 0.3) is 0 Å². The zero-order valence-corrected chi connectivity index (χ0v) is 14.2. The van der Waals surface area contributed by atoms with E-state index in [0.717, 1.165) is 0 Å². The molecule has 0 radical (unpaired) electrons. The zero-order valence-electron chi connectivity index (χ0n) is 12.5. The monoisotopic (exact) mass is 380 g/mol. The van der Waals surface area contributed by atoms with Gasteiger partial charge in [0.15, 0.2) is 6.23 Å². The number of nitrogens with one attached hydrogen (secondary N) is 1. The van der Waals surface area contributed by atoms with Crippen molar-refractivity contribution in [2.45, 2.75) is 24.5 Å². The normalized spacial score (nSPS) is 30.4. The number of anilines is 1. The first-order chi connectivity index (χ1) is 11.2. The average Bonchev–Trinajstić information content (AvgIpc) is 3.04. The molecule has 5 N–H and O–H groups in total. The summed E-state index contributed by atoms with van der Waals surface area (Å²) in [5, 5.41) is 23.3. The molecule has 0 bridgehead atoms. The molecule has 134 valence electrons. The number of aliphatic hydroxyl groups excluding tert-OH is 2. The van der Waals surface area contributed by atoms with E-state index in [4.69, 9.17) is 26.7 Å². The molecule has 2 aliphatic rings. The number of ether oxygens (including phenoxy) is 1. The maximum Gasteiger partial charge on any atom is 0.469 e. The van der Waals surface area contributed by atoms with Crippen molar-refractivity contribution in [3.05, 3.63) is 12.0 Å². The SMILES string of the molecule is CN1CNc2c(ncn2[C@@H]2O[C@H](COP(=O)(O)O)[C@@H](O)[C@H]2O)C1=S. The van der Waals surface area contributed by atoms with E-state index in [-0.39, 0.29) is 0 Å². The molecule has 1 fully saturated rings. The summed E-state index contributed by atoms with van der Waals surface area (Å²) in [5.74, 6) is 0.533. The van der Waals surface area contributed by atoms with Gasteiger partial charge < -0.3 is 35.0 Å². The Balaban J connectivity index is 1.80. The van der Waals surface area contributed by atoms with Gasteiger partial charge in [-0.25, -0.2) is 9.55 Å². The summed E-state index contributed by atoms with van der Waals surface area (Å²) >= 11 is 5.28. The molecule has 0 amide bonds. The molecule has 0 aliphatic carbocycles. The van der Waals surface area contributed by atoms with E-state index < -0.39 is 39.0 Å². The van der Waals surface area contributed by atoms with Crippen LogP contribution in [0.15, 0.2) is 6.33 Å².